The Labute approximate surface area is 200 Å². The maximum absolute atomic E-state index is 12.3. The number of hydrazone groups is 1. The average molecular weight is 468 g/mol. The quantitative estimate of drug-likeness (QED) is 0.129. The molecule has 4 aromatic rings. The van der Waals surface area contributed by atoms with E-state index >= 15 is 0 Å². The van der Waals surface area contributed by atoms with Gasteiger partial charge in [-0.05, 0) is 41.3 Å². The molecule has 0 heterocycles. The molecule has 0 saturated carbocycles. The molecule has 0 aromatic heterocycles. The van der Waals surface area contributed by atoms with E-state index in [0.717, 1.165) is 16.5 Å². The number of nitrogens with one attached hydrogen (secondary N) is 2. The number of nitro benzene ring substituents is 1. The van der Waals surface area contributed by atoms with Gasteiger partial charge in [0.15, 0.2) is 0 Å². The van der Waals surface area contributed by atoms with Crippen molar-refractivity contribution in [1.82, 2.24) is 5.43 Å². The summed E-state index contributed by atoms with van der Waals surface area (Å²) in [6.45, 7) is 0.0399. The first-order valence-corrected chi connectivity index (χ1v) is 10.6. The van der Waals surface area contributed by atoms with Gasteiger partial charge in [-0.3, -0.25) is 14.9 Å². The number of amides is 1. The number of non-ortho nitro benzene ring substituents is 1. The molecule has 9 nitrogen and oxygen atoms in total. The van der Waals surface area contributed by atoms with Crippen LogP contribution in [0.3, 0.4) is 0 Å². The predicted octanol–water partition coefficient (Wildman–Crippen LogP) is 4.53. The van der Waals surface area contributed by atoms with Gasteiger partial charge >= 0.3 is 5.97 Å². The molecule has 9 heteroatoms. The zero-order valence-electron chi connectivity index (χ0n) is 18.4. The number of rotatable bonds is 8. The largest absolute Gasteiger partial charge is 0.423 e. The van der Waals surface area contributed by atoms with Gasteiger partial charge in [0.1, 0.15) is 5.75 Å². The number of anilines is 1. The molecule has 174 valence electrons. The van der Waals surface area contributed by atoms with Crippen molar-refractivity contribution in [2.45, 2.75) is 0 Å². The fraction of sp³-hybridized carbons (Fsp3) is 0.0385. The minimum atomic E-state index is -0.651. The molecule has 0 radical (unpaired) electrons. The highest BCUT2D eigenvalue weighted by Gasteiger charge is 2.12. The van der Waals surface area contributed by atoms with E-state index in [1.165, 1.54) is 30.5 Å². The number of hydrogen-bond donors (Lipinski definition) is 2. The Balaban J connectivity index is 1.31. The number of benzene rings is 4. The summed E-state index contributed by atoms with van der Waals surface area (Å²) in [5.74, 6) is -0.710. The molecule has 35 heavy (non-hydrogen) atoms. The van der Waals surface area contributed by atoms with Gasteiger partial charge in [0, 0.05) is 23.2 Å². The number of nitrogens with zero attached hydrogens (tertiary/aromatic N) is 2. The van der Waals surface area contributed by atoms with Crippen LogP contribution < -0.4 is 15.5 Å². The molecule has 0 saturated heterocycles. The molecular weight excluding hydrogens is 448 g/mol. The third-order valence-electron chi connectivity index (χ3n) is 5.01. The van der Waals surface area contributed by atoms with Crippen LogP contribution in [0.25, 0.3) is 10.8 Å². The summed E-state index contributed by atoms with van der Waals surface area (Å²) < 4.78 is 5.32. The lowest BCUT2D eigenvalue weighted by molar-refractivity contribution is -0.384. The van der Waals surface area contributed by atoms with E-state index in [4.69, 9.17) is 4.74 Å². The summed E-state index contributed by atoms with van der Waals surface area (Å²) >= 11 is 0. The number of carbonyl (C=O) groups excluding carboxylic acids is 2. The summed E-state index contributed by atoms with van der Waals surface area (Å²) in [5.41, 5.74) is 3.97. The number of carbonyl (C=O) groups is 2. The van der Waals surface area contributed by atoms with E-state index in [2.05, 4.69) is 15.8 Å². The standard InChI is InChI=1S/C26H20N4O5/c31-25(17-27-24-10-4-7-19-6-1-2-9-23(19)24)29-28-16-18-5-3-8-22(15-18)35-26(32)20-11-13-21(14-12-20)30(33)34/h1-16,27H,17H2,(H,29,31). The van der Waals surface area contributed by atoms with E-state index in [9.17, 15) is 19.7 Å². The highest BCUT2D eigenvalue weighted by atomic mass is 16.6. The minimum absolute atomic E-state index is 0.0399. The van der Waals surface area contributed by atoms with Crippen molar-refractivity contribution >= 4 is 40.2 Å². The molecule has 4 rings (SSSR count). The molecule has 0 aliphatic heterocycles. The second-order valence-electron chi connectivity index (χ2n) is 7.44. The summed E-state index contributed by atoms with van der Waals surface area (Å²) in [6.07, 6.45) is 1.43. The lowest BCUT2D eigenvalue weighted by atomic mass is 10.1. The van der Waals surface area contributed by atoms with E-state index < -0.39 is 10.9 Å². The van der Waals surface area contributed by atoms with Gasteiger partial charge < -0.3 is 10.1 Å². The molecule has 0 spiro atoms. The second kappa shape index (κ2) is 10.7. The van der Waals surface area contributed by atoms with Crippen LogP contribution in [0.5, 0.6) is 5.75 Å². The second-order valence-corrected chi connectivity index (χ2v) is 7.44. The number of nitro groups is 1. The van der Waals surface area contributed by atoms with Crippen LogP contribution in [-0.2, 0) is 4.79 Å². The van der Waals surface area contributed by atoms with Gasteiger partial charge in [0.25, 0.3) is 11.6 Å². The van der Waals surface area contributed by atoms with E-state index in [-0.39, 0.29) is 29.5 Å². The Kier molecular flexibility index (Phi) is 7.08. The van der Waals surface area contributed by atoms with Crippen molar-refractivity contribution in [3.05, 3.63) is 112 Å². The molecule has 2 N–H and O–H groups in total. The summed E-state index contributed by atoms with van der Waals surface area (Å²) in [7, 11) is 0. The molecule has 0 fully saturated rings. The Morgan fingerprint density at radius 3 is 2.49 bits per heavy atom. The van der Waals surface area contributed by atoms with Gasteiger partial charge in [-0.1, -0.05) is 48.5 Å². The van der Waals surface area contributed by atoms with Crippen LogP contribution in [0.15, 0.2) is 96.1 Å². The third-order valence-corrected chi connectivity index (χ3v) is 5.01. The lowest BCUT2D eigenvalue weighted by Gasteiger charge is -2.08. The van der Waals surface area contributed by atoms with Crippen LogP contribution in [0.4, 0.5) is 11.4 Å². The van der Waals surface area contributed by atoms with Gasteiger partial charge in [0.2, 0.25) is 0 Å². The molecule has 1 amide bonds. The summed E-state index contributed by atoms with van der Waals surface area (Å²) in [4.78, 5) is 34.7. The van der Waals surface area contributed by atoms with Crippen molar-refractivity contribution in [2.75, 3.05) is 11.9 Å². The summed E-state index contributed by atoms with van der Waals surface area (Å²) in [6, 6.07) is 25.4. The van der Waals surface area contributed by atoms with Crippen LogP contribution >= 0.6 is 0 Å². The zero-order chi connectivity index (χ0) is 24.6. The Morgan fingerprint density at radius 1 is 0.943 bits per heavy atom. The molecule has 0 bridgehead atoms. The number of esters is 1. The first-order valence-electron chi connectivity index (χ1n) is 10.6. The van der Waals surface area contributed by atoms with Gasteiger partial charge in [-0.25, -0.2) is 10.2 Å². The Morgan fingerprint density at radius 2 is 1.69 bits per heavy atom. The number of fused-ring (bicyclic) bond motifs is 1. The number of hydrogen-bond acceptors (Lipinski definition) is 7. The SMILES string of the molecule is O=C(CNc1cccc2ccccc12)NN=Cc1cccc(OC(=O)c2ccc([N+](=O)[O-])cc2)c1. The average Bonchev–Trinajstić information content (AvgIpc) is 2.87. The highest BCUT2D eigenvalue weighted by molar-refractivity contribution is 5.95. The van der Waals surface area contributed by atoms with Crippen molar-refractivity contribution in [3.8, 4) is 5.75 Å². The fourth-order valence-corrected chi connectivity index (χ4v) is 3.32. The highest BCUT2D eigenvalue weighted by Crippen LogP contribution is 2.22. The maximum Gasteiger partial charge on any atom is 0.343 e. The topological polar surface area (TPSA) is 123 Å². The van der Waals surface area contributed by atoms with Crippen LogP contribution in [-0.4, -0.2) is 29.6 Å². The van der Waals surface area contributed by atoms with Crippen LogP contribution in [0, 0.1) is 10.1 Å². The maximum atomic E-state index is 12.3. The monoisotopic (exact) mass is 468 g/mol. The Hall–Kier alpha value is -5.05. The molecular formula is C26H20N4O5. The van der Waals surface area contributed by atoms with Gasteiger partial charge in [-0.2, -0.15) is 5.10 Å². The van der Waals surface area contributed by atoms with Crippen molar-refractivity contribution in [2.24, 2.45) is 5.10 Å². The lowest BCUT2D eigenvalue weighted by Crippen LogP contribution is -2.25. The molecule has 0 aliphatic carbocycles. The van der Waals surface area contributed by atoms with Gasteiger partial charge in [0.05, 0.1) is 23.2 Å². The number of ether oxygens (including phenoxy) is 1. The van der Waals surface area contributed by atoms with E-state index in [1.54, 1.807) is 24.3 Å². The summed E-state index contributed by atoms with van der Waals surface area (Å²) in [5, 5.41) is 19.9. The normalized spacial score (nSPS) is 10.7. The Bertz CT molecular complexity index is 1410. The van der Waals surface area contributed by atoms with Crippen molar-refractivity contribution in [3.63, 3.8) is 0 Å². The molecule has 0 aliphatic rings. The van der Waals surface area contributed by atoms with E-state index in [1.807, 2.05) is 42.5 Å². The predicted molar refractivity (Wildman–Crippen MR) is 133 cm³/mol. The van der Waals surface area contributed by atoms with Crippen molar-refractivity contribution in [1.29, 1.82) is 0 Å². The first kappa shape index (κ1) is 23.1. The van der Waals surface area contributed by atoms with Crippen LogP contribution in [0.2, 0.25) is 0 Å². The molecule has 0 atom stereocenters. The van der Waals surface area contributed by atoms with Crippen LogP contribution in [0.1, 0.15) is 15.9 Å². The van der Waals surface area contributed by atoms with Crippen molar-refractivity contribution < 1.29 is 19.2 Å². The smallest absolute Gasteiger partial charge is 0.343 e. The van der Waals surface area contributed by atoms with Gasteiger partial charge in [-0.15, -0.1) is 0 Å². The molecule has 0 unspecified atom stereocenters. The van der Waals surface area contributed by atoms with E-state index in [0.29, 0.717) is 5.56 Å². The molecule has 4 aromatic carbocycles. The first-order chi connectivity index (χ1) is 17.0. The minimum Gasteiger partial charge on any atom is -0.423 e. The fourth-order valence-electron chi connectivity index (χ4n) is 3.32. The zero-order valence-corrected chi connectivity index (χ0v) is 18.4. The third kappa shape index (κ3) is 6.05.